The fourth-order valence-electron chi connectivity index (χ4n) is 1.55. The first-order valence-corrected chi connectivity index (χ1v) is 5.41. The van der Waals surface area contributed by atoms with E-state index in [9.17, 15) is 4.39 Å². The number of benzene rings is 1. The quantitative estimate of drug-likeness (QED) is 0.852. The largest absolute Gasteiger partial charge is 0.383 e. The SMILES string of the molecule is COCC(C)(C)NCc1cccc(C#N)c1F. The molecule has 0 fully saturated rings. The highest BCUT2D eigenvalue weighted by atomic mass is 19.1. The van der Waals surface area contributed by atoms with E-state index in [2.05, 4.69) is 5.32 Å². The number of ether oxygens (including phenoxy) is 1. The van der Waals surface area contributed by atoms with E-state index in [1.807, 2.05) is 19.9 Å². The molecule has 0 heterocycles. The van der Waals surface area contributed by atoms with Gasteiger partial charge in [0.2, 0.25) is 0 Å². The number of rotatable bonds is 5. The van der Waals surface area contributed by atoms with Gasteiger partial charge in [-0.3, -0.25) is 0 Å². The van der Waals surface area contributed by atoms with Gasteiger partial charge in [-0.2, -0.15) is 5.26 Å². The molecule has 0 bridgehead atoms. The van der Waals surface area contributed by atoms with Gasteiger partial charge in [0.15, 0.2) is 0 Å². The summed E-state index contributed by atoms with van der Waals surface area (Å²) in [6, 6.07) is 6.66. The molecular formula is C13H17FN2O. The Balaban J connectivity index is 2.74. The summed E-state index contributed by atoms with van der Waals surface area (Å²) in [5.74, 6) is -0.448. The van der Waals surface area contributed by atoms with E-state index >= 15 is 0 Å². The van der Waals surface area contributed by atoms with Crippen molar-refractivity contribution >= 4 is 0 Å². The van der Waals surface area contributed by atoms with E-state index in [0.717, 1.165) is 0 Å². The molecule has 1 rings (SSSR count). The van der Waals surface area contributed by atoms with Crippen LogP contribution in [0.1, 0.15) is 25.0 Å². The fourth-order valence-corrected chi connectivity index (χ4v) is 1.55. The molecule has 0 saturated heterocycles. The number of methoxy groups -OCH3 is 1. The summed E-state index contributed by atoms with van der Waals surface area (Å²) in [7, 11) is 1.63. The zero-order valence-corrected chi connectivity index (χ0v) is 10.4. The summed E-state index contributed by atoms with van der Waals surface area (Å²) in [6.07, 6.45) is 0. The Hall–Kier alpha value is -1.44. The van der Waals surface area contributed by atoms with Gasteiger partial charge in [-0.25, -0.2) is 4.39 Å². The maximum atomic E-state index is 13.7. The number of nitrogens with one attached hydrogen (secondary N) is 1. The van der Waals surface area contributed by atoms with Crippen molar-refractivity contribution in [3.8, 4) is 6.07 Å². The van der Waals surface area contributed by atoms with Crippen LogP contribution in [0, 0.1) is 17.1 Å². The van der Waals surface area contributed by atoms with Crippen LogP contribution in [0.3, 0.4) is 0 Å². The monoisotopic (exact) mass is 236 g/mol. The molecule has 1 aromatic rings. The van der Waals surface area contributed by atoms with Crippen LogP contribution in [0.15, 0.2) is 18.2 Å². The molecule has 3 nitrogen and oxygen atoms in total. The summed E-state index contributed by atoms with van der Waals surface area (Å²) in [6.45, 7) is 4.86. The van der Waals surface area contributed by atoms with Gasteiger partial charge in [0.05, 0.1) is 12.2 Å². The van der Waals surface area contributed by atoms with E-state index in [1.165, 1.54) is 6.07 Å². The molecule has 0 spiro atoms. The Kier molecular flexibility index (Phi) is 4.62. The van der Waals surface area contributed by atoms with Crippen LogP contribution in [0.2, 0.25) is 0 Å². The molecule has 17 heavy (non-hydrogen) atoms. The third kappa shape index (κ3) is 3.81. The lowest BCUT2D eigenvalue weighted by Crippen LogP contribution is -2.42. The van der Waals surface area contributed by atoms with Crippen molar-refractivity contribution in [1.29, 1.82) is 5.26 Å². The van der Waals surface area contributed by atoms with Gasteiger partial charge >= 0.3 is 0 Å². The molecule has 92 valence electrons. The Bertz CT molecular complexity index is 424. The van der Waals surface area contributed by atoms with E-state index < -0.39 is 5.82 Å². The first-order chi connectivity index (χ1) is 8.00. The molecule has 0 aliphatic rings. The second-order valence-corrected chi connectivity index (χ2v) is 4.56. The highest BCUT2D eigenvalue weighted by Crippen LogP contribution is 2.13. The normalized spacial score (nSPS) is 11.2. The van der Waals surface area contributed by atoms with Crippen LogP contribution in [0.5, 0.6) is 0 Å². The second-order valence-electron chi connectivity index (χ2n) is 4.56. The number of nitrogens with zero attached hydrogens (tertiary/aromatic N) is 1. The highest BCUT2D eigenvalue weighted by Gasteiger charge is 2.17. The molecular weight excluding hydrogens is 219 g/mol. The summed E-state index contributed by atoms with van der Waals surface area (Å²) >= 11 is 0. The zero-order chi connectivity index (χ0) is 12.9. The van der Waals surface area contributed by atoms with Crippen LogP contribution in [-0.4, -0.2) is 19.3 Å². The molecule has 0 unspecified atom stereocenters. The minimum absolute atomic E-state index is 0.0776. The molecule has 0 saturated carbocycles. The molecule has 4 heteroatoms. The van der Waals surface area contributed by atoms with Gasteiger partial charge in [0.25, 0.3) is 0 Å². The van der Waals surface area contributed by atoms with Crippen LogP contribution in [0.25, 0.3) is 0 Å². The molecule has 0 aliphatic carbocycles. The van der Waals surface area contributed by atoms with Crippen LogP contribution >= 0.6 is 0 Å². The Morgan fingerprint density at radius 2 is 2.18 bits per heavy atom. The summed E-state index contributed by atoms with van der Waals surface area (Å²) in [4.78, 5) is 0. The van der Waals surface area contributed by atoms with E-state index in [4.69, 9.17) is 10.00 Å². The molecule has 0 atom stereocenters. The predicted octanol–water partition coefficient (Wildman–Crippen LogP) is 2.21. The second kappa shape index (κ2) is 5.76. The van der Waals surface area contributed by atoms with Crippen LogP contribution < -0.4 is 5.32 Å². The molecule has 0 radical (unpaired) electrons. The molecule has 1 aromatic carbocycles. The third-order valence-corrected chi connectivity index (χ3v) is 2.46. The van der Waals surface area contributed by atoms with Gasteiger partial charge in [0, 0.05) is 24.8 Å². The maximum absolute atomic E-state index is 13.7. The first-order valence-electron chi connectivity index (χ1n) is 5.41. The van der Waals surface area contributed by atoms with Crippen molar-refractivity contribution in [1.82, 2.24) is 5.32 Å². The lowest BCUT2D eigenvalue weighted by atomic mass is 10.1. The minimum atomic E-state index is -0.448. The van der Waals surface area contributed by atoms with E-state index in [0.29, 0.717) is 18.7 Å². The van der Waals surface area contributed by atoms with E-state index in [1.54, 1.807) is 19.2 Å². The van der Waals surface area contributed by atoms with Crippen molar-refractivity contribution in [3.63, 3.8) is 0 Å². The van der Waals surface area contributed by atoms with Crippen molar-refractivity contribution in [3.05, 3.63) is 35.1 Å². The van der Waals surface area contributed by atoms with Gasteiger partial charge in [0.1, 0.15) is 11.9 Å². The van der Waals surface area contributed by atoms with Crippen molar-refractivity contribution in [2.75, 3.05) is 13.7 Å². The summed E-state index contributed by atoms with van der Waals surface area (Å²) < 4.78 is 18.8. The fraction of sp³-hybridized carbons (Fsp3) is 0.462. The van der Waals surface area contributed by atoms with Crippen molar-refractivity contribution in [2.24, 2.45) is 0 Å². The smallest absolute Gasteiger partial charge is 0.145 e. The lowest BCUT2D eigenvalue weighted by Gasteiger charge is -2.25. The molecule has 1 N–H and O–H groups in total. The maximum Gasteiger partial charge on any atom is 0.145 e. The lowest BCUT2D eigenvalue weighted by molar-refractivity contribution is 0.127. The zero-order valence-electron chi connectivity index (χ0n) is 10.4. The average Bonchev–Trinajstić information content (AvgIpc) is 2.28. The topological polar surface area (TPSA) is 45.0 Å². The van der Waals surface area contributed by atoms with Gasteiger partial charge in [-0.05, 0) is 19.9 Å². The first kappa shape index (κ1) is 13.6. The van der Waals surface area contributed by atoms with Crippen LogP contribution in [-0.2, 0) is 11.3 Å². The highest BCUT2D eigenvalue weighted by molar-refractivity contribution is 5.34. The molecule has 0 amide bonds. The molecule has 0 aliphatic heterocycles. The molecule has 0 aromatic heterocycles. The number of hydrogen-bond acceptors (Lipinski definition) is 3. The van der Waals surface area contributed by atoms with E-state index in [-0.39, 0.29) is 11.1 Å². The summed E-state index contributed by atoms with van der Waals surface area (Å²) in [5, 5.41) is 11.9. The van der Waals surface area contributed by atoms with Crippen molar-refractivity contribution < 1.29 is 9.13 Å². The standard InChI is InChI=1S/C13H17FN2O/c1-13(2,9-17-3)16-8-11-6-4-5-10(7-15)12(11)14/h4-6,16H,8-9H2,1-3H3. The number of nitriles is 1. The Morgan fingerprint density at radius 1 is 1.47 bits per heavy atom. The average molecular weight is 236 g/mol. The van der Waals surface area contributed by atoms with Crippen LogP contribution in [0.4, 0.5) is 4.39 Å². The van der Waals surface area contributed by atoms with Gasteiger partial charge in [-0.15, -0.1) is 0 Å². The van der Waals surface area contributed by atoms with Gasteiger partial charge in [-0.1, -0.05) is 12.1 Å². The minimum Gasteiger partial charge on any atom is -0.383 e. The van der Waals surface area contributed by atoms with Gasteiger partial charge < -0.3 is 10.1 Å². The third-order valence-electron chi connectivity index (χ3n) is 2.46. The predicted molar refractivity (Wildman–Crippen MR) is 63.9 cm³/mol. The number of hydrogen-bond donors (Lipinski definition) is 1. The summed E-state index contributed by atoms with van der Waals surface area (Å²) in [5.41, 5.74) is 0.339. The number of halogens is 1. The van der Waals surface area contributed by atoms with Crippen molar-refractivity contribution in [2.45, 2.75) is 25.9 Å². The Labute approximate surface area is 101 Å². The Morgan fingerprint density at radius 3 is 2.76 bits per heavy atom.